The molecule has 0 unspecified atom stereocenters. The molecule has 2 heterocycles. The molecule has 2 aromatic heterocycles. The highest BCUT2D eigenvalue weighted by molar-refractivity contribution is 5.51. The maximum absolute atomic E-state index is 5.60. The fourth-order valence-corrected chi connectivity index (χ4v) is 1.17. The summed E-state index contributed by atoms with van der Waals surface area (Å²) in [6.07, 6.45) is 4.96. The van der Waals surface area contributed by atoms with E-state index in [9.17, 15) is 0 Å². The molecule has 0 atom stereocenters. The minimum absolute atomic E-state index is 0.610. The lowest BCUT2D eigenvalue weighted by Gasteiger charge is -2.04. The van der Waals surface area contributed by atoms with Gasteiger partial charge in [0.25, 0.3) is 0 Å². The van der Waals surface area contributed by atoms with Crippen molar-refractivity contribution in [2.45, 2.75) is 6.54 Å². The summed E-state index contributed by atoms with van der Waals surface area (Å²) in [7, 11) is 0. The zero-order chi connectivity index (χ0) is 10.5. The molecule has 0 aromatic carbocycles. The van der Waals surface area contributed by atoms with Gasteiger partial charge in [0.1, 0.15) is 0 Å². The summed E-state index contributed by atoms with van der Waals surface area (Å²) in [5.74, 6) is 0. The number of rotatable bonds is 3. The van der Waals surface area contributed by atoms with Crippen molar-refractivity contribution in [3.8, 4) is 0 Å². The number of anilines is 2. The first-order valence-electron chi connectivity index (χ1n) is 4.55. The van der Waals surface area contributed by atoms with E-state index in [-0.39, 0.29) is 0 Å². The number of nitrogen functional groups attached to an aromatic ring is 1. The van der Waals surface area contributed by atoms with Crippen molar-refractivity contribution in [2.24, 2.45) is 0 Å². The second-order valence-electron chi connectivity index (χ2n) is 3.08. The van der Waals surface area contributed by atoms with Crippen LogP contribution in [0.2, 0.25) is 0 Å². The summed E-state index contributed by atoms with van der Waals surface area (Å²) < 4.78 is 0. The summed E-state index contributed by atoms with van der Waals surface area (Å²) in [5, 5.41) is 10.9. The second kappa shape index (κ2) is 4.36. The van der Waals surface area contributed by atoms with Crippen LogP contribution in [0, 0.1) is 0 Å². The van der Waals surface area contributed by atoms with Crippen LogP contribution in [0.4, 0.5) is 11.4 Å². The molecule has 2 aromatic rings. The van der Waals surface area contributed by atoms with E-state index in [2.05, 4.69) is 20.5 Å². The third-order valence-corrected chi connectivity index (χ3v) is 1.86. The summed E-state index contributed by atoms with van der Waals surface area (Å²) >= 11 is 0. The Kier molecular flexibility index (Phi) is 2.73. The number of hydrogen-bond acceptors (Lipinski definition) is 5. The van der Waals surface area contributed by atoms with Crippen LogP contribution in [0.1, 0.15) is 5.69 Å². The fourth-order valence-electron chi connectivity index (χ4n) is 1.17. The molecule has 0 saturated carbocycles. The van der Waals surface area contributed by atoms with E-state index in [0.717, 1.165) is 11.4 Å². The molecule has 0 fully saturated rings. The van der Waals surface area contributed by atoms with Crippen LogP contribution < -0.4 is 11.1 Å². The first-order chi connectivity index (χ1) is 7.34. The Morgan fingerprint density at radius 2 is 2.27 bits per heavy atom. The minimum Gasteiger partial charge on any atom is -0.397 e. The molecule has 0 amide bonds. The molecule has 0 aliphatic carbocycles. The number of nitrogens with two attached hydrogens (primary N) is 1. The summed E-state index contributed by atoms with van der Waals surface area (Å²) in [4.78, 5) is 3.97. The summed E-state index contributed by atoms with van der Waals surface area (Å²) in [6, 6.07) is 5.57. The van der Waals surface area contributed by atoms with E-state index < -0.39 is 0 Å². The predicted molar refractivity (Wildman–Crippen MR) is 58.0 cm³/mol. The van der Waals surface area contributed by atoms with E-state index in [1.54, 1.807) is 18.6 Å². The average Bonchev–Trinajstić information content (AvgIpc) is 2.28. The highest BCUT2D eigenvalue weighted by Crippen LogP contribution is 2.10. The molecule has 0 saturated heterocycles. The Balaban J connectivity index is 1.99. The maximum atomic E-state index is 5.60. The van der Waals surface area contributed by atoms with Gasteiger partial charge in [-0.3, -0.25) is 4.98 Å². The van der Waals surface area contributed by atoms with Crippen molar-refractivity contribution in [2.75, 3.05) is 11.1 Å². The zero-order valence-corrected chi connectivity index (χ0v) is 8.09. The van der Waals surface area contributed by atoms with Crippen LogP contribution >= 0.6 is 0 Å². The number of nitrogens with zero attached hydrogens (tertiary/aromatic N) is 3. The number of hydrogen-bond donors (Lipinski definition) is 2. The molecule has 3 N–H and O–H groups in total. The number of aromatic nitrogens is 3. The van der Waals surface area contributed by atoms with E-state index in [1.807, 2.05) is 18.2 Å². The Hall–Kier alpha value is -2.17. The van der Waals surface area contributed by atoms with E-state index >= 15 is 0 Å². The normalized spacial score (nSPS) is 9.87. The van der Waals surface area contributed by atoms with Crippen molar-refractivity contribution in [1.82, 2.24) is 15.2 Å². The van der Waals surface area contributed by atoms with Crippen molar-refractivity contribution >= 4 is 11.4 Å². The molecule has 76 valence electrons. The van der Waals surface area contributed by atoms with Crippen molar-refractivity contribution in [3.05, 3.63) is 42.5 Å². The van der Waals surface area contributed by atoms with Gasteiger partial charge in [-0.05, 0) is 18.2 Å². The van der Waals surface area contributed by atoms with Gasteiger partial charge in [0.2, 0.25) is 0 Å². The highest BCUT2D eigenvalue weighted by atomic mass is 15.1. The van der Waals surface area contributed by atoms with Crippen LogP contribution in [-0.2, 0) is 6.54 Å². The summed E-state index contributed by atoms with van der Waals surface area (Å²) in [5.41, 5.74) is 7.99. The van der Waals surface area contributed by atoms with E-state index in [0.29, 0.717) is 12.2 Å². The molecule has 5 heteroatoms. The van der Waals surface area contributed by atoms with Crippen LogP contribution in [-0.4, -0.2) is 15.2 Å². The monoisotopic (exact) mass is 201 g/mol. The van der Waals surface area contributed by atoms with Gasteiger partial charge >= 0.3 is 0 Å². The van der Waals surface area contributed by atoms with Gasteiger partial charge in [-0.25, -0.2) is 0 Å². The molecule has 0 bridgehead atoms. The Labute approximate surface area is 87.4 Å². The molecule has 0 radical (unpaired) electrons. The van der Waals surface area contributed by atoms with Crippen molar-refractivity contribution in [3.63, 3.8) is 0 Å². The van der Waals surface area contributed by atoms with Crippen molar-refractivity contribution in [1.29, 1.82) is 0 Å². The quantitative estimate of drug-likeness (QED) is 0.776. The average molecular weight is 201 g/mol. The first-order valence-corrected chi connectivity index (χ1v) is 4.55. The second-order valence-corrected chi connectivity index (χ2v) is 3.08. The Bertz CT molecular complexity index is 429. The highest BCUT2D eigenvalue weighted by Gasteiger charge is 1.95. The largest absolute Gasteiger partial charge is 0.397 e. The van der Waals surface area contributed by atoms with Crippen LogP contribution in [0.25, 0.3) is 0 Å². The molecule has 15 heavy (non-hydrogen) atoms. The van der Waals surface area contributed by atoms with Crippen LogP contribution in [0.15, 0.2) is 36.8 Å². The molecule has 2 rings (SSSR count). The smallest absolute Gasteiger partial charge is 0.0821 e. The van der Waals surface area contributed by atoms with Gasteiger partial charge in [-0.15, -0.1) is 0 Å². The van der Waals surface area contributed by atoms with Gasteiger partial charge in [0.05, 0.1) is 29.8 Å². The van der Waals surface area contributed by atoms with E-state index in [4.69, 9.17) is 5.73 Å². The first kappa shape index (κ1) is 9.39. The van der Waals surface area contributed by atoms with Gasteiger partial charge in [-0.2, -0.15) is 10.2 Å². The standard InChI is InChI=1S/C10H11N5/c11-8-4-10(6-12-5-8)13-7-9-2-1-3-14-15-9/h1-6,13H,7,11H2. The lowest BCUT2D eigenvalue weighted by molar-refractivity contribution is 0.924. The van der Waals surface area contributed by atoms with Gasteiger partial charge < -0.3 is 11.1 Å². The predicted octanol–water partition coefficient (Wildman–Crippen LogP) is 1.07. The van der Waals surface area contributed by atoms with Gasteiger partial charge in [0, 0.05) is 12.4 Å². The van der Waals surface area contributed by atoms with Crippen LogP contribution in [0.3, 0.4) is 0 Å². The fraction of sp³-hybridized carbons (Fsp3) is 0.100. The lowest BCUT2D eigenvalue weighted by atomic mass is 10.3. The van der Waals surface area contributed by atoms with Crippen LogP contribution in [0.5, 0.6) is 0 Å². The minimum atomic E-state index is 0.610. The van der Waals surface area contributed by atoms with Gasteiger partial charge in [0.15, 0.2) is 0 Å². The Morgan fingerprint density at radius 3 is 3.00 bits per heavy atom. The van der Waals surface area contributed by atoms with E-state index in [1.165, 1.54) is 0 Å². The molecule has 0 aliphatic rings. The zero-order valence-electron chi connectivity index (χ0n) is 8.09. The SMILES string of the molecule is Nc1cncc(NCc2cccnn2)c1. The molecular formula is C10H11N5. The third kappa shape index (κ3) is 2.63. The topological polar surface area (TPSA) is 76.7 Å². The maximum Gasteiger partial charge on any atom is 0.0821 e. The van der Waals surface area contributed by atoms with Gasteiger partial charge in [-0.1, -0.05) is 0 Å². The molecular weight excluding hydrogens is 190 g/mol. The molecule has 0 spiro atoms. The lowest BCUT2D eigenvalue weighted by Crippen LogP contribution is -2.02. The Morgan fingerprint density at radius 1 is 1.33 bits per heavy atom. The number of nitrogens with one attached hydrogen (secondary N) is 1. The number of pyridine rings is 1. The third-order valence-electron chi connectivity index (χ3n) is 1.86. The molecule has 5 nitrogen and oxygen atoms in total. The van der Waals surface area contributed by atoms with Crippen molar-refractivity contribution < 1.29 is 0 Å². The summed E-state index contributed by atoms with van der Waals surface area (Å²) in [6.45, 7) is 0.610. The molecule has 0 aliphatic heterocycles.